The van der Waals surface area contributed by atoms with E-state index in [1.165, 1.54) is 22.3 Å². The van der Waals surface area contributed by atoms with Crippen LogP contribution in [0.5, 0.6) is 11.5 Å². The van der Waals surface area contributed by atoms with E-state index in [2.05, 4.69) is 118 Å². The van der Waals surface area contributed by atoms with Gasteiger partial charge >= 0.3 is 0 Å². The fourth-order valence-electron chi connectivity index (χ4n) is 7.29. The maximum absolute atomic E-state index is 6.24. The van der Waals surface area contributed by atoms with Crippen LogP contribution in [-0.4, -0.2) is 20.3 Å². The van der Waals surface area contributed by atoms with E-state index in [-0.39, 0.29) is 11.6 Å². The van der Waals surface area contributed by atoms with E-state index in [9.17, 15) is 0 Å². The number of thiocarbonyl (C=S) groups is 2. The summed E-state index contributed by atoms with van der Waals surface area (Å²) >= 11 is 9.70. The molecule has 6 aromatic carbocycles. The van der Waals surface area contributed by atoms with Gasteiger partial charge in [0, 0.05) is 22.2 Å². The Bertz CT molecular complexity index is 2590. The molecule has 7 aromatic rings. The first kappa shape index (κ1) is 30.0. The molecule has 2 heterocycles. The van der Waals surface area contributed by atoms with E-state index in [1.54, 1.807) is 0 Å². The molecule has 1 aromatic heterocycles. The highest BCUT2D eigenvalue weighted by atomic mass is 32.1. The number of nitrogens with zero attached hydrogens (tertiary/aromatic N) is 5. The molecule has 8 heteroatoms. The minimum atomic E-state index is 0.273. The van der Waals surface area contributed by atoms with Crippen molar-refractivity contribution in [1.82, 2.24) is 9.97 Å². The van der Waals surface area contributed by atoms with Gasteiger partial charge in [-0.1, -0.05) is 78.9 Å². The second-order valence-corrected chi connectivity index (χ2v) is 12.6. The van der Waals surface area contributed by atoms with Gasteiger partial charge in [0.05, 0.1) is 33.1 Å². The van der Waals surface area contributed by atoms with Crippen LogP contribution in [0.15, 0.2) is 125 Å². The number of isothiocyanates is 2. The first-order chi connectivity index (χ1) is 24.5. The Kier molecular flexibility index (Phi) is 7.06. The van der Waals surface area contributed by atoms with Crippen LogP contribution in [0.25, 0.3) is 55.5 Å². The third-order valence-electron chi connectivity index (χ3n) is 9.44. The van der Waals surface area contributed by atoms with Gasteiger partial charge in [-0.15, -0.1) is 0 Å². The van der Waals surface area contributed by atoms with E-state index in [1.807, 2.05) is 36.4 Å². The van der Waals surface area contributed by atoms with Gasteiger partial charge < -0.3 is 9.64 Å². The van der Waals surface area contributed by atoms with Crippen molar-refractivity contribution in [2.75, 3.05) is 4.90 Å². The summed E-state index contributed by atoms with van der Waals surface area (Å²) in [4.78, 5) is 20.0. The minimum Gasteiger partial charge on any atom is -0.453 e. The molecule has 9 rings (SSSR count). The summed E-state index contributed by atoms with van der Waals surface area (Å²) in [7, 11) is 0. The zero-order valence-electron chi connectivity index (χ0n) is 26.9. The summed E-state index contributed by atoms with van der Waals surface area (Å²) in [6.45, 7) is 4.36. The lowest BCUT2D eigenvalue weighted by Crippen LogP contribution is -2.15. The van der Waals surface area contributed by atoms with Crippen molar-refractivity contribution in [1.29, 1.82) is 0 Å². The molecule has 0 saturated heterocycles. The molecule has 0 bridgehead atoms. The van der Waals surface area contributed by atoms with Crippen molar-refractivity contribution in [3.05, 3.63) is 126 Å². The second-order valence-electron chi connectivity index (χ2n) is 12.3. The summed E-state index contributed by atoms with van der Waals surface area (Å²) in [6, 6.07) is 40.3. The number of aliphatic imine (C=N–C) groups is 2. The Morgan fingerprint density at radius 2 is 1.14 bits per heavy atom. The molecule has 0 atom stereocenters. The number of aryl methyl sites for hydroxylation is 2. The standard InChI is InChI=1S/C42H25N5OS2/c1-24-20-26(30-18-19-33-38-31(30)8-7-9-32(38)39-40(33)46-42(44-23-50)41(45-39)43-22-49)14-16-28(24)29-17-15-27(21-25(29)2)47-34-10-3-5-12-36(34)48-37-13-6-4-11-35(37)47/h3-21H,1-2H3. The van der Waals surface area contributed by atoms with Crippen LogP contribution in [0.2, 0.25) is 0 Å². The van der Waals surface area contributed by atoms with Crippen LogP contribution in [0.3, 0.4) is 0 Å². The van der Waals surface area contributed by atoms with Crippen molar-refractivity contribution < 1.29 is 4.74 Å². The topological polar surface area (TPSA) is 63.0 Å². The molecular weight excluding hydrogens is 655 g/mol. The molecule has 0 spiro atoms. The second kappa shape index (κ2) is 11.8. The SMILES string of the molecule is Cc1cc(-c2ccc3c4c(cccc24)-c2nc(N=C=S)c(N=C=S)nc2-3)ccc1-c1ccc(N2c3ccccc3Oc3ccccc32)cc1C. The molecular formula is C42H25N5OS2. The lowest BCUT2D eigenvalue weighted by molar-refractivity contribution is 0.477. The highest BCUT2D eigenvalue weighted by Crippen LogP contribution is 2.52. The molecule has 0 saturated carbocycles. The molecule has 6 nitrogen and oxygen atoms in total. The number of hydrogen-bond donors (Lipinski definition) is 0. The Hall–Kier alpha value is -6.14. The molecule has 2 aliphatic rings. The summed E-state index contributed by atoms with van der Waals surface area (Å²) in [5.41, 5.74) is 13.7. The number of ether oxygens (including phenoxy) is 1. The number of aromatic nitrogens is 2. The highest BCUT2D eigenvalue weighted by molar-refractivity contribution is 7.78. The molecule has 1 aliphatic carbocycles. The summed E-state index contributed by atoms with van der Waals surface area (Å²) < 4.78 is 6.24. The Morgan fingerprint density at radius 1 is 0.580 bits per heavy atom. The smallest absolute Gasteiger partial charge is 0.209 e. The summed E-state index contributed by atoms with van der Waals surface area (Å²) in [5, 5.41) is 6.98. The van der Waals surface area contributed by atoms with Gasteiger partial charge in [0.25, 0.3) is 0 Å². The summed E-state index contributed by atoms with van der Waals surface area (Å²) in [5.74, 6) is 2.23. The van der Waals surface area contributed by atoms with E-state index in [0.717, 1.165) is 73.0 Å². The Morgan fingerprint density at radius 3 is 1.76 bits per heavy atom. The van der Waals surface area contributed by atoms with Crippen molar-refractivity contribution >= 4 is 74.2 Å². The number of hydrogen-bond acceptors (Lipinski definition) is 8. The van der Waals surface area contributed by atoms with Gasteiger partial charge in [-0.05, 0) is 113 Å². The molecule has 50 heavy (non-hydrogen) atoms. The normalized spacial score (nSPS) is 11.9. The van der Waals surface area contributed by atoms with E-state index in [4.69, 9.17) is 39.1 Å². The van der Waals surface area contributed by atoms with Gasteiger partial charge in [0.15, 0.2) is 11.5 Å². The maximum atomic E-state index is 6.24. The zero-order valence-corrected chi connectivity index (χ0v) is 28.6. The van der Waals surface area contributed by atoms with Gasteiger partial charge in [-0.2, -0.15) is 9.98 Å². The number of fused-ring (bicyclic) bond motifs is 5. The lowest BCUT2D eigenvalue weighted by atomic mass is 9.90. The fourth-order valence-corrected chi connectivity index (χ4v) is 7.46. The van der Waals surface area contributed by atoms with Crippen molar-refractivity contribution in [2.45, 2.75) is 13.8 Å². The predicted octanol–water partition coefficient (Wildman–Crippen LogP) is 12.3. The number of para-hydroxylation sites is 4. The lowest BCUT2D eigenvalue weighted by Gasteiger charge is -2.33. The molecule has 0 amide bonds. The third kappa shape index (κ3) is 4.63. The van der Waals surface area contributed by atoms with Crippen molar-refractivity contribution in [3.63, 3.8) is 0 Å². The van der Waals surface area contributed by atoms with Crippen LogP contribution in [0.4, 0.5) is 28.7 Å². The molecule has 0 fully saturated rings. The fraction of sp³-hybridized carbons (Fsp3) is 0.0476. The predicted molar refractivity (Wildman–Crippen MR) is 208 cm³/mol. The molecule has 236 valence electrons. The first-order valence-electron chi connectivity index (χ1n) is 16.1. The number of rotatable bonds is 5. The quantitative estimate of drug-likeness (QED) is 0.133. The van der Waals surface area contributed by atoms with Crippen LogP contribution in [-0.2, 0) is 0 Å². The molecule has 1 aliphatic heterocycles. The van der Waals surface area contributed by atoms with E-state index < -0.39 is 0 Å². The highest BCUT2D eigenvalue weighted by Gasteiger charge is 2.28. The zero-order chi connectivity index (χ0) is 33.9. The largest absolute Gasteiger partial charge is 0.453 e. The number of anilines is 3. The average molecular weight is 680 g/mol. The molecule has 0 radical (unpaired) electrons. The van der Waals surface area contributed by atoms with Crippen molar-refractivity contribution in [2.24, 2.45) is 9.98 Å². The van der Waals surface area contributed by atoms with Crippen LogP contribution < -0.4 is 9.64 Å². The van der Waals surface area contributed by atoms with Gasteiger partial charge in [0.1, 0.15) is 0 Å². The number of benzene rings is 6. The average Bonchev–Trinajstić information content (AvgIpc) is 3.44. The first-order valence-corrected chi connectivity index (χ1v) is 16.9. The Balaban J connectivity index is 1.10. The summed E-state index contributed by atoms with van der Waals surface area (Å²) in [6.07, 6.45) is 0. The van der Waals surface area contributed by atoms with Crippen molar-refractivity contribution in [3.8, 4) is 56.3 Å². The third-order valence-corrected chi connectivity index (χ3v) is 9.62. The van der Waals surface area contributed by atoms with Crippen LogP contribution in [0.1, 0.15) is 11.1 Å². The van der Waals surface area contributed by atoms with Crippen LogP contribution >= 0.6 is 24.4 Å². The molecule has 0 N–H and O–H groups in total. The monoisotopic (exact) mass is 679 g/mol. The van der Waals surface area contributed by atoms with Gasteiger partial charge in [-0.3, -0.25) is 0 Å². The Labute approximate surface area is 299 Å². The van der Waals surface area contributed by atoms with Crippen LogP contribution in [0, 0.1) is 13.8 Å². The van der Waals surface area contributed by atoms with E-state index in [0.29, 0.717) is 0 Å². The maximum Gasteiger partial charge on any atom is 0.209 e. The van der Waals surface area contributed by atoms with Gasteiger partial charge in [-0.25, -0.2) is 9.97 Å². The van der Waals surface area contributed by atoms with E-state index >= 15 is 0 Å². The molecule has 0 unspecified atom stereocenters. The minimum absolute atomic E-state index is 0.273. The van der Waals surface area contributed by atoms with Gasteiger partial charge in [0.2, 0.25) is 11.6 Å².